The van der Waals surface area contributed by atoms with Crippen LogP contribution in [0.3, 0.4) is 0 Å². The molecule has 1 N–H and O–H groups in total. The number of ether oxygens (including phenoxy) is 1. The minimum Gasteiger partial charge on any atom is -0.507 e. The molecule has 9 heteroatoms. The minimum atomic E-state index is -4.64. The number of rotatable bonds is 6. The molecule has 3 aromatic rings. The molecule has 4 rings (SSSR count). The Bertz CT molecular complexity index is 1350. The van der Waals surface area contributed by atoms with E-state index in [4.69, 9.17) is 4.74 Å². The van der Waals surface area contributed by atoms with Gasteiger partial charge in [-0.2, -0.15) is 13.2 Å². The lowest BCUT2D eigenvalue weighted by molar-refractivity contribution is -0.137. The Labute approximate surface area is 212 Å². The third-order valence-electron chi connectivity index (χ3n) is 6.06. The van der Waals surface area contributed by atoms with Gasteiger partial charge in [0.15, 0.2) is 0 Å². The van der Waals surface area contributed by atoms with E-state index < -0.39 is 35.2 Å². The highest BCUT2D eigenvalue weighted by atomic mass is 19.4. The van der Waals surface area contributed by atoms with Gasteiger partial charge in [0.2, 0.25) is 0 Å². The monoisotopic (exact) mass is 510 g/mol. The van der Waals surface area contributed by atoms with E-state index in [9.17, 15) is 27.9 Å². The molecule has 37 heavy (non-hydrogen) atoms. The SMILES string of the molecule is CCOc1ccc(/C(O)=C2\C(=O)C(=O)N(c3cccc(C(F)(F)F)c3)C2c2ccc(N(C)C)cc2)cc1. The number of aliphatic hydroxyl groups excluding tert-OH is 1. The molecule has 1 aliphatic rings. The second-order valence-corrected chi connectivity index (χ2v) is 8.66. The Morgan fingerprint density at radius 2 is 1.65 bits per heavy atom. The van der Waals surface area contributed by atoms with Gasteiger partial charge in [-0.15, -0.1) is 0 Å². The topological polar surface area (TPSA) is 70.1 Å². The molecule has 192 valence electrons. The average Bonchev–Trinajstić information content (AvgIpc) is 3.14. The fourth-order valence-electron chi connectivity index (χ4n) is 4.23. The first-order valence-corrected chi connectivity index (χ1v) is 11.5. The lowest BCUT2D eigenvalue weighted by Crippen LogP contribution is -2.29. The van der Waals surface area contributed by atoms with Crippen molar-refractivity contribution in [1.29, 1.82) is 0 Å². The Morgan fingerprint density at radius 1 is 1.00 bits per heavy atom. The van der Waals surface area contributed by atoms with Crippen molar-refractivity contribution in [1.82, 2.24) is 0 Å². The third kappa shape index (κ3) is 5.02. The fourth-order valence-corrected chi connectivity index (χ4v) is 4.23. The fraction of sp³-hybridized carbons (Fsp3) is 0.214. The van der Waals surface area contributed by atoms with E-state index in [1.807, 2.05) is 25.9 Å². The van der Waals surface area contributed by atoms with Crippen LogP contribution in [0.5, 0.6) is 5.75 Å². The Morgan fingerprint density at radius 3 is 2.22 bits per heavy atom. The number of carbonyl (C=O) groups is 2. The molecule has 0 aliphatic carbocycles. The molecule has 1 atom stereocenters. The Kier molecular flexibility index (Phi) is 6.98. The molecule has 6 nitrogen and oxygen atoms in total. The van der Waals surface area contributed by atoms with Gasteiger partial charge in [0.25, 0.3) is 11.7 Å². The number of halogens is 3. The van der Waals surface area contributed by atoms with Gasteiger partial charge in [0.1, 0.15) is 11.5 Å². The van der Waals surface area contributed by atoms with Crippen LogP contribution in [0.25, 0.3) is 5.76 Å². The van der Waals surface area contributed by atoms with Crippen LogP contribution in [0.15, 0.2) is 78.4 Å². The summed E-state index contributed by atoms with van der Waals surface area (Å²) in [4.78, 5) is 29.3. The van der Waals surface area contributed by atoms with Gasteiger partial charge in [-0.05, 0) is 67.1 Å². The molecule has 0 bridgehead atoms. The van der Waals surface area contributed by atoms with Gasteiger partial charge in [-0.3, -0.25) is 14.5 Å². The smallest absolute Gasteiger partial charge is 0.416 e. The number of benzene rings is 3. The third-order valence-corrected chi connectivity index (χ3v) is 6.06. The van der Waals surface area contributed by atoms with Gasteiger partial charge in [-0.25, -0.2) is 0 Å². The van der Waals surface area contributed by atoms with Crippen molar-refractivity contribution in [3.05, 3.63) is 95.1 Å². The van der Waals surface area contributed by atoms with Crippen LogP contribution in [0.4, 0.5) is 24.5 Å². The highest BCUT2D eigenvalue weighted by Gasteiger charge is 2.47. The number of alkyl halides is 3. The molecule has 0 saturated carbocycles. The highest BCUT2D eigenvalue weighted by Crippen LogP contribution is 2.43. The van der Waals surface area contributed by atoms with Crippen LogP contribution in [-0.2, 0) is 15.8 Å². The number of ketones is 1. The summed E-state index contributed by atoms with van der Waals surface area (Å²) < 4.78 is 45.8. The van der Waals surface area contributed by atoms with E-state index in [0.717, 1.165) is 22.7 Å². The van der Waals surface area contributed by atoms with E-state index in [2.05, 4.69) is 0 Å². The van der Waals surface area contributed by atoms with E-state index in [1.54, 1.807) is 48.5 Å². The van der Waals surface area contributed by atoms with Gasteiger partial charge in [0.05, 0.1) is 23.8 Å². The molecule has 1 fully saturated rings. The molecular weight excluding hydrogens is 485 g/mol. The van der Waals surface area contributed by atoms with Gasteiger partial charge < -0.3 is 14.7 Å². The summed E-state index contributed by atoms with van der Waals surface area (Å²) in [5.74, 6) is -1.91. The normalized spacial score (nSPS) is 17.2. The van der Waals surface area contributed by atoms with Crippen molar-refractivity contribution in [3.63, 3.8) is 0 Å². The summed E-state index contributed by atoms with van der Waals surface area (Å²) in [6, 6.07) is 16.3. The highest BCUT2D eigenvalue weighted by molar-refractivity contribution is 6.51. The van der Waals surface area contributed by atoms with Crippen molar-refractivity contribution in [2.45, 2.75) is 19.1 Å². The summed E-state index contributed by atoms with van der Waals surface area (Å²) in [7, 11) is 3.69. The molecule has 1 heterocycles. The molecule has 0 spiro atoms. The van der Waals surface area contributed by atoms with Crippen molar-refractivity contribution in [2.24, 2.45) is 0 Å². The van der Waals surface area contributed by atoms with Crippen LogP contribution >= 0.6 is 0 Å². The standard InChI is InChI=1S/C28H25F3N2O4/c1-4-37-22-14-10-18(11-15-22)25(34)23-24(17-8-12-20(13-9-17)32(2)3)33(27(36)26(23)35)21-7-5-6-19(16-21)28(29,30)31/h5-16,24,34H,4H2,1-3H3/b25-23+. The van der Waals surface area contributed by atoms with Gasteiger partial charge in [0, 0.05) is 31.0 Å². The molecular formula is C28H25F3N2O4. The number of carbonyl (C=O) groups excluding carboxylic acids is 2. The molecule has 1 unspecified atom stereocenters. The Hall–Kier alpha value is -4.27. The largest absolute Gasteiger partial charge is 0.507 e. The summed E-state index contributed by atoms with van der Waals surface area (Å²) in [5, 5.41) is 11.2. The Balaban J connectivity index is 1.90. The zero-order valence-electron chi connectivity index (χ0n) is 20.4. The number of nitrogens with zero attached hydrogens (tertiary/aromatic N) is 2. The molecule has 1 amide bonds. The van der Waals surface area contributed by atoms with E-state index in [1.165, 1.54) is 12.1 Å². The first kappa shape index (κ1) is 25.8. The maximum atomic E-state index is 13.4. The maximum absolute atomic E-state index is 13.4. The van der Waals surface area contributed by atoms with E-state index >= 15 is 0 Å². The molecule has 0 radical (unpaired) electrons. The number of amides is 1. The molecule has 0 aromatic heterocycles. The van der Waals surface area contributed by atoms with Crippen molar-refractivity contribution < 1.29 is 32.6 Å². The van der Waals surface area contributed by atoms with Crippen molar-refractivity contribution >= 4 is 28.8 Å². The van der Waals surface area contributed by atoms with Crippen molar-refractivity contribution in [3.8, 4) is 5.75 Å². The van der Waals surface area contributed by atoms with Crippen LogP contribution in [0.2, 0.25) is 0 Å². The van der Waals surface area contributed by atoms with Crippen molar-refractivity contribution in [2.75, 3.05) is 30.5 Å². The van der Waals surface area contributed by atoms with E-state index in [0.29, 0.717) is 17.9 Å². The number of aliphatic hydroxyl groups is 1. The zero-order valence-corrected chi connectivity index (χ0v) is 20.4. The van der Waals surface area contributed by atoms with Crippen LogP contribution in [-0.4, -0.2) is 37.5 Å². The van der Waals surface area contributed by atoms with E-state index in [-0.39, 0.29) is 16.8 Å². The summed E-state index contributed by atoms with van der Waals surface area (Å²) in [5.41, 5.74) is 0.273. The number of Topliss-reactive ketones (excluding diaryl/α,β-unsaturated/α-hetero) is 1. The molecule has 1 aliphatic heterocycles. The molecule has 1 saturated heterocycles. The van der Waals surface area contributed by atoms with Crippen LogP contribution in [0, 0.1) is 0 Å². The van der Waals surface area contributed by atoms with Gasteiger partial charge >= 0.3 is 6.18 Å². The number of hydrogen-bond acceptors (Lipinski definition) is 5. The number of anilines is 2. The first-order valence-electron chi connectivity index (χ1n) is 11.5. The number of hydrogen-bond donors (Lipinski definition) is 1. The zero-order chi connectivity index (χ0) is 26.9. The maximum Gasteiger partial charge on any atom is 0.416 e. The van der Waals surface area contributed by atoms with Crippen LogP contribution in [0.1, 0.15) is 29.7 Å². The second-order valence-electron chi connectivity index (χ2n) is 8.66. The predicted molar refractivity (Wildman–Crippen MR) is 135 cm³/mol. The lowest BCUT2D eigenvalue weighted by atomic mass is 9.94. The average molecular weight is 511 g/mol. The molecule has 3 aromatic carbocycles. The minimum absolute atomic E-state index is 0.107. The quantitative estimate of drug-likeness (QED) is 0.258. The van der Waals surface area contributed by atoms with Gasteiger partial charge in [-0.1, -0.05) is 18.2 Å². The summed E-state index contributed by atoms with van der Waals surface area (Å²) in [6.45, 7) is 2.26. The van der Waals surface area contributed by atoms with Crippen LogP contribution < -0.4 is 14.5 Å². The lowest BCUT2D eigenvalue weighted by Gasteiger charge is -2.26. The first-order chi connectivity index (χ1) is 17.5. The summed E-state index contributed by atoms with van der Waals surface area (Å²) in [6.07, 6.45) is -4.64. The summed E-state index contributed by atoms with van der Waals surface area (Å²) >= 11 is 0. The second kappa shape index (κ2) is 10.0. The predicted octanol–water partition coefficient (Wildman–Crippen LogP) is 5.80.